The van der Waals surface area contributed by atoms with E-state index < -0.39 is 30.5 Å². The van der Waals surface area contributed by atoms with Crippen LogP contribution in [-0.2, 0) is 12.6 Å². The maximum absolute atomic E-state index is 13.1. The summed E-state index contributed by atoms with van der Waals surface area (Å²) in [5.41, 5.74) is 1.54. The van der Waals surface area contributed by atoms with Gasteiger partial charge in [0.25, 0.3) is 0 Å². The van der Waals surface area contributed by atoms with Gasteiger partial charge in [0, 0.05) is 23.2 Å². The molecule has 0 saturated heterocycles. The number of anilines is 2. The topological polar surface area (TPSA) is 77.0 Å². The van der Waals surface area contributed by atoms with Crippen molar-refractivity contribution in [3.63, 3.8) is 0 Å². The van der Waals surface area contributed by atoms with E-state index in [1.807, 2.05) is 26.0 Å². The largest absolute Gasteiger partial charge is 0.454 e. The van der Waals surface area contributed by atoms with Gasteiger partial charge in [-0.1, -0.05) is 62.4 Å². The summed E-state index contributed by atoms with van der Waals surface area (Å²) >= 11 is 0. The number of hydrogen-bond acceptors (Lipinski definition) is 6. The van der Waals surface area contributed by atoms with E-state index >= 15 is 0 Å². The lowest BCUT2D eigenvalue weighted by atomic mass is 9.97. The van der Waals surface area contributed by atoms with Gasteiger partial charge in [-0.2, -0.15) is 41.3 Å². The summed E-state index contributed by atoms with van der Waals surface area (Å²) in [5, 5.41) is 2.57. The summed E-state index contributed by atoms with van der Waals surface area (Å²) in [5.74, 6) is -0.274. The Morgan fingerprint density at radius 3 is 2.24 bits per heavy atom. The van der Waals surface area contributed by atoms with Gasteiger partial charge in [0.1, 0.15) is 0 Å². The van der Waals surface area contributed by atoms with E-state index in [4.69, 9.17) is 4.74 Å². The van der Waals surface area contributed by atoms with Gasteiger partial charge in [-0.25, -0.2) is 0 Å². The van der Waals surface area contributed by atoms with Gasteiger partial charge in [-0.3, -0.25) is 4.79 Å². The van der Waals surface area contributed by atoms with Crippen molar-refractivity contribution in [1.82, 2.24) is 15.0 Å². The van der Waals surface area contributed by atoms with Crippen molar-refractivity contribution < 1.29 is 35.9 Å². The van der Waals surface area contributed by atoms with Crippen molar-refractivity contribution in [1.29, 1.82) is 0 Å². The van der Waals surface area contributed by atoms with Gasteiger partial charge in [-0.15, -0.1) is 0 Å². The highest BCUT2D eigenvalue weighted by atomic mass is 19.4. The zero-order valence-corrected chi connectivity index (χ0v) is 21.8. The number of rotatable bonds is 9. The second kappa shape index (κ2) is 11.9. The standard InChI is InChI=1S/C29H24F6N4O2/c1-17(2)19-9-11-20(12-10-19)24(40)14-18-5-3-6-21(13-18)25-37-26(39-27(38-25)41-16-28(30,31)32)36-23-8-4-7-22(15-23)29(33,34)35/h3-13,15,17H,14,16H2,1-2H3,(H,36,37,38,39). The molecule has 0 spiro atoms. The Balaban J connectivity index is 1.63. The number of carbonyl (C=O) groups excluding carboxylic acids is 1. The summed E-state index contributed by atoms with van der Waals surface area (Å²) < 4.78 is 82.5. The van der Waals surface area contributed by atoms with E-state index in [1.165, 1.54) is 6.07 Å². The summed E-state index contributed by atoms with van der Waals surface area (Å²) in [6.45, 7) is 2.40. The number of ketones is 1. The van der Waals surface area contributed by atoms with E-state index in [0.717, 1.165) is 23.8 Å². The molecule has 12 heteroatoms. The molecule has 0 radical (unpaired) electrons. The maximum Gasteiger partial charge on any atom is 0.422 e. The molecular weight excluding hydrogens is 550 g/mol. The Labute approximate surface area is 231 Å². The highest BCUT2D eigenvalue weighted by Crippen LogP contribution is 2.31. The van der Waals surface area contributed by atoms with Crippen LogP contribution in [0.25, 0.3) is 11.4 Å². The molecule has 4 rings (SSSR count). The summed E-state index contributed by atoms with van der Waals surface area (Å²) in [6, 6.07) is 17.2. The fraction of sp³-hybridized carbons (Fsp3) is 0.241. The van der Waals surface area contributed by atoms with Crippen LogP contribution in [0.5, 0.6) is 6.01 Å². The Kier molecular flexibility index (Phi) is 8.60. The molecule has 0 bridgehead atoms. The van der Waals surface area contributed by atoms with Gasteiger partial charge in [0.15, 0.2) is 18.2 Å². The molecule has 0 aliphatic carbocycles. The normalized spacial score (nSPS) is 11.9. The average Bonchev–Trinajstić information content (AvgIpc) is 2.91. The SMILES string of the molecule is CC(C)c1ccc(C(=O)Cc2cccc(-c3nc(Nc4cccc(C(F)(F)F)c4)nc(OCC(F)(F)F)n3)c2)cc1. The molecule has 0 amide bonds. The highest BCUT2D eigenvalue weighted by molar-refractivity contribution is 5.97. The Hall–Kier alpha value is -4.48. The van der Waals surface area contributed by atoms with Crippen molar-refractivity contribution >= 4 is 17.4 Å². The van der Waals surface area contributed by atoms with E-state index in [9.17, 15) is 31.1 Å². The smallest absolute Gasteiger partial charge is 0.422 e. The predicted molar refractivity (Wildman–Crippen MR) is 140 cm³/mol. The minimum Gasteiger partial charge on any atom is -0.454 e. The van der Waals surface area contributed by atoms with Crippen LogP contribution in [0.2, 0.25) is 0 Å². The predicted octanol–water partition coefficient (Wildman–Crippen LogP) is 7.79. The second-order valence-electron chi connectivity index (χ2n) is 9.45. The first-order chi connectivity index (χ1) is 19.3. The number of aromatic nitrogens is 3. The first kappa shape index (κ1) is 29.5. The Morgan fingerprint density at radius 1 is 0.878 bits per heavy atom. The van der Waals surface area contributed by atoms with Crippen LogP contribution < -0.4 is 10.1 Å². The molecule has 0 fully saturated rings. The van der Waals surface area contributed by atoms with Crippen LogP contribution in [0.15, 0.2) is 72.8 Å². The van der Waals surface area contributed by atoms with Crippen LogP contribution in [0.3, 0.4) is 0 Å². The molecule has 0 aliphatic rings. The molecule has 41 heavy (non-hydrogen) atoms. The lowest BCUT2D eigenvalue weighted by Gasteiger charge is -2.13. The van der Waals surface area contributed by atoms with E-state index in [1.54, 1.807) is 36.4 Å². The van der Waals surface area contributed by atoms with Crippen molar-refractivity contribution in [3.8, 4) is 17.4 Å². The van der Waals surface area contributed by atoms with Gasteiger partial charge in [0.2, 0.25) is 5.95 Å². The van der Waals surface area contributed by atoms with Crippen molar-refractivity contribution in [3.05, 3.63) is 95.1 Å². The quantitative estimate of drug-likeness (QED) is 0.162. The molecule has 1 heterocycles. The third-order valence-corrected chi connectivity index (χ3v) is 5.88. The molecule has 0 atom stereocenters. The Morgan fingerprint density at radius 2 is 1.59 bits per heavy atom. The number of carbonyl (C=O) groups is 1. The second-order valence-corrected chi connectivity index (χ2v) is 9.45. The lowest BCUT2D eigenvalue weighted by Crippen LogP contribution is -2.20. The lowest BCUT2D eigenvalue weighted by molar-refractivity contribution is -0.154. The summed E-state index contributed by atoms with van der Waals surface area (Å²) in [7, 11) is 0. The van der Waals surface area contributed by atoms with E-state index in [-0.39, 0.29) is 29.7 Å². The number of ether oxygens (including phenoxy) is 1. The van der Waals surface area contributed by atoms with Crippen LogP contribution in [0, 0.1) is 0 Å². The van der Waals surface area contributed by atoms with Crippen molar-refractivity contribution in [2.45, 2.75) is 38.5 Å². The van der Waals surface area contributed by atoms with Gasteiger partial charge >= 0.3 is 18.4 Å². The highest BCUT2D eigenvalue weighted by Gasteiger charge is 2.31. The molecule has 214 valence electrons. The maximum atomic E-state index is 13.1. The number of alkyl halides is 6. The van der Waals surface area contributed by atoms with Crippen molar-refractivity contribution in [2.75, 3.05) is 11.9 Å². The third kappa shape index (κ3) is 8.26. The minimum atomic E-state index is -4.69. The zero-order valence-electron chi connectivity index (χ0n) is 21.8. The molecular formula is C29H24F6N4O2. The Bertz CT molecular complexity index is 1520. The number of halogens is 6. The minimum absolute atomic E-state index is 0.0344. The van der Waals surface area contributed by atoms with E-state index in [2.05, 4.69) is 20.3 Å². The van der Waals surface area contributed by atoms with Crippen LogP contribution in [-0.4, -0.2) is 33.5 Å². The number of benzene rings is 3. The van der Waals surface area contributed by atoms with Gasteiger partial charge < -0.3 is 10.1 Å². The first-order valence-corrected chi connectivity index (χ1v) is 12.4. The van der Waals surface area contributed by atoms with Crippen LogP contribution in [0.1, 0.15) is 46.8 Å². The molecule has 6 nitrogen and oxygen atoms in total. The number of nitrogens with one attached hydrogen (secondary N) is 1. The van der Waals surface area contributed by atoms with Crippen molar-refractivity contribution in [2.24, 2.45) is 0 Å². The number of hydrogen-bond donors (Lipinski definition) is 1. The fourth-order valence-electron chi connectivity index (χ4n) is 3.82. The molecule has 0 saturated carbocycles. The molecule has 3 aromatic carbocycles. The molecule has 1 aromatic heterocycles. The summed E-state index contributed by atoms with van der Waals surface area (Å²) in [4.78, 5) is 24.8. The fourth-order valence-corrected chi connectivity index (χ4v) is 3.82. The molecule has 4 aromatic rings. The average molecular weight is 575 g/mol. The van der Waals surface area contributed by atoms with Crippen LogP contribution in [0.4, 0.5) is 38.0 Å². The molecule has 0 aliphatic heterocycles. The summed E-state index contributed by atoms with van der Waals surface area (Å²) in [6.07, 6.45) is -9.26. The number of Topliss-reactive ketones (excluding diaryl/α,β-unsaturated/α-hetero) is 1. The molecule has 1 N–H and O–H groups in total. The first-order valence-electron chi connectivity index (χ1n) is 12.4. The van der Waals surface area contributed by atoms with Gasteiger partial charge in [0.05, 0.1) is 5.56 Å². The van der Waals surface area contributed by atoms with Gasteiger partial charge in [-0.05, 0) is 41.3 Å². The van der Waals surface area contributed by atoms with E-state index in [0.29, 0.717) is 22.6 Å². The molecule has 0 unspecified atom stereocenters. The monoisotopic (exact) mass is 574 g/mol. The third-order valence-electron chi connectivity index (χ3n) is 5.88. The van der Waals surface area contributed by atoms with Crippen LogP contribution >= 0.6 is 0 Å². The zero-order chi connectivity index (χ0) is 29.8. The number of nitrogens with zero attached hydrogens (tertiary/aromatic N) is 3.